The van der Waals surface area contributed by atoms with Gasteiger partial charge in [-0.3, -0.25) is 19.3 Å². The molecule has 0 aromatic heterocycles. The number of hydrogen-bond donors (Lipinski definition) is 2. The summed E-state index contributed by atoms with van der Waals surface area (Å²) in [5.41, 5.74) is -3.82. The van der Waals surface area contributed by atoms with Crippen molar-refractivity contribution in [2.75, 3.05) is 26.7 Å². The van der Waals surface area contributed by atoms with Crippen LogP contribution >= 0.6 is 0 Å². The summed E-state index contributed by atoms with van der Waals surface area (Å²) in [6.45, 7) is 3.73. The lowest BCUT2D eigenvalue weighted by molar-refractivity contribution is -0.160. The topological polar surface area (TPSA) is 105 Å². The standard InChI is InChI=1S/C22H26N2O6/c1-14-16(13-24-11-7-4-8-12-24)30-21(17(14)25)19(27)22(29-2,23-20(21)28)18(26)15-9-5-3-6-10-15/h3,5-6,9-10,19,27H,4,7-8,11-13H2,1-2H3,(H,23,28)/t19-,21-,22-/m1/s1. The van der Waals surface area contributed by atoms with Gasteiger partial charge in [0, 0.05) is 18.2 Å². The molecule has 2 saturated heterocycles. The Bertz CT molecular complexity index is 907. The highest BCUT2D eigenvalue weighted by molar-refractivity contribution is 6.23. The average Bonchev–Trinajstić information content (AvgIpc) is 3.16. The first-order valence-electron chi connectivity index (χ1n) is 10.2. The van der Waals surface area contributed by atoms with Gasteiger partial charge >= 0.3 is 0 Å². The molecule has 2 fully saturated rings. The van der Waals surface area contributed by atoms with E-state index in [1.165, 1.54) is 7.11 Å². The lowest BCUT2D eigenvalue weighted by Crippen LogP contribution is -2.60. The number of methoxy groups -OCH3 is 1. The number of Topliss-reactive ketones (excluding diaryl/α,β-unsaturated/α-hetero) is 2. The van der Waals surface area contributed by atoms with Crippen molar-refractivity contribution in [3.05, 3.63) is 47.2 Å². The van der Waals surface area contributed by atoms with E-state index in [9.17, 15) is 19.5 Å². The van der Waals surface area contributed by atoms with Crippen molar-refractivity contribution in [3.8, 4) is 0 Å². The first-order chi connectivity index (χ1) is 14.4. The van der Waals surface area contributed by atoms with Gasteiger partial charge in [-0.15, -0.1) is 0 Å². The Labute approximate surface area is 174 Å². The largest absolute Gasteiger partial charge is 0.469 e. The number of hydrogen-bond acceptors (Lipinski definition) is 7. The molecule has 0 aliphatic carbocycles. The summed E-state index contributed by atoms with van der Waals surface area (Å²) in [6.07, 6.45) is 1.44. The predicted molar refractivity (Wildman–Crippen MR) is 106 cm³/mol. The van der Waals surface area contributed by atoms with Gasteiger partial charge in [-0.1, -0.05) is 36.8 Å². The number of rotatable bonds is 5. The summed E-state index contributed by atoms with van der Waals surface area (Å²) >= 11 is 0. The minimum Gasteiger partial charge on any atom is -0.469 e. The number of likely N-dealkylation sites (tertiary alicyclic amines) is 1. The van der Waals surface area contributed by atoms with Gasteiger partial charge in [0.1, 0.15) is 5.76 Å². The quantitative estimate of drug-likeness (QED) is 0.542. The van der Waals surface area contributed by atoms with Crippen LogP contribution in [-0.4, -0.2) is 71.7 Å². The zero-order valence-electron chi connectivity index (χ0n) is 17.1. The molecule has 1 spiro atoms. The fourth-order valence-electron chi connectivity index (χ4n) is 4.50. The van der Waals surface area contributed by atoms with Gasteiger partial charge in [-0.05, 0) is 32.9 Å². The Morgan fingerprint density at radius 2 is 1.90 bits per heavy atom. The molecular formula is C22H26N2O6. The van der Waals surface area contributed by atoms with Crippen LogP contribution in [0.2, 0.25) is 0 Å². The maximum atomic E-state index is 13.2. The molecule has 160 valence electrons. The SMILES string of the molecule is CO[C@@]1(C(=O)c2ccccc2)NC(=O)[C@]2(OC(CN3CCCCC3)=C(C)C2=O)[C@H]1O. The second-order valence-corrected chi connectivity index (χ2v) is 8.04. The van der Waals surface area contributed by atoms with Gasteiger partial charge in [0.15, 0.2) is 6.10 Å². The Hall–Kier alpha value is -2.55. The van der Waals surface area contributed by atoms with E-state index in [4.69, 9.17) is 9.47 Å². The van der Waals surface area contributed by atoms with E-state index in [1.54, 1.807) is 37.3 Å². The van der Waals surface area contributed by atoms with Crippen LogP contribution in [0, 0.1) is 0 Å². The average molecular weight is 414 g/mol. The highest BCUT2D eigenvalue weighted by Gasteiger charge is 2.73. The van der Waals surface area contributed by atoms with Gasteiger partial charge in [0.05, 0.1) is 6.54 Å². The van der Waals surface area contributed by atoms with E-state index in [0.717, 1.165) is 32.4 Å². The number of nitrogens with zero attached hydrogens (tertiary/aromatic N) is 1. The number of aliphatic hydroxyl groups is 1. The molecule has 1 amide bonds. The van der Waals surface area contributed by atoms with Crippen LogP contribution in [0.3, 0.4) is 0 Å². The summed E-state index contributed by atoms with van der Waals surface area (Å²) in [5.74, 6) is -1.81. The van der Waals surface area contributed by atoms with Crippen LogP contribution in [0.5, 0.6) is 0 Å². The molecule has 0 radical (unpaired) electrons. The van der Waals surface area contributed by atoms with E-state index >= 15 is 0 Å². The summed E-state index contributed by atoms with van der Waals surface area (Å²) in [6, 6.07) is 8.17. The highest BCUT2D eigenvalue weighted by atomic mass is 16.6. The zero-order valence-corrected chi connectivity index (χ0v) is 17.1. The molecule has 1 aromatic rings. The Morgan fingerprint density at radius 1 is 1.23 bits per heavy atom. The van der Waals surface area contributed by atoms with Crippen molar-refractivity contribution >= 4 is 17.5 Å². The summed E-state index contributed by atoms with van der Waals surface area (Å²) < 4.78 is 11.3. The van der Waals surface area contributed by atoms with Crippen molar-refractivity contribution in [1.82, 2.24) is 10.2 Å². The monoisotopic (exact) mass is 414 g/mol. The lowest BCUT2D eigenvalue weighted by Gasteiger charge is -2.32. The number of amides is 1. The summed E-state index contributed by atoms with van der Waals surface area (Å²) in [5, 5.41) is 13.6. The molecule has 0 saturated carbocycles. The third-order valence-electron chi connectivity index (χ3n) is 6.30. The van der Waals surface area contributed by atoms with Crippen LogP contribution in [0.15, 0.2) is 41.7 Å². The minimum atomic E-state index is -2.23. The number of carbonyl (C=O) groups is 3. The molecule has 2 N–H and O–H groups in total. The third-order valence-corrected chi connectivity index (χ3v) is 6.30. The van der Waals surface area contributed by atoms with Gasteiger partial charge < -0.3 is 19.9 Å². The first kappa shape index (κ1) is 20.7. The van der Waals surface area contributed by atoms with Crippen molar-refractivity contribution in [2.45, 2.75) is 43.6 Å². The molecule has 8 heteroatoms. The van der Waals surface area contributed by atoms with E-state index in [-0.39, 0.29) is 11.1 Å². The number of carbonyl (C=O) groups excluding carboxylic acids is 3. The van der Waals surface area contributed by atoms with Gasteiger partial charge in [-0.2, -0.15) is 0 Å². The number of ether oxygens (including phenoxy) is 2. The number of aliphatic hydroxyl groups excluding tert-OH is 1. The van der Waals surface area contributed by atoms with Crippen molar-refractivity contribution in [1.29, 1.82) is 0 Å². The number of benzene rings is 1. The second kappa shape index (κ2) is 7.61. The van der Waals surface area contributed by atoms with E-state index < -0.39 is 34.9 Å². The lowest BCUT2D eigenvalue weighted by atomic mass is 9.85. The van der Waals surface area contributed by atoms with Crippen molar-refractivity contribution in [3.63, 3.8) is 0 Å². The smallest absolute Gasteiger partial charge is 0.278 e. The normalized spacial score (nSPS) is 31.9. The molecule has 3 aliphatic heterocycles. The van der Waals surface area contributed by atoms with Crippen LogP contribution in [-0.2, 0) is 19.1 Å². The maximum absolute atomic E-state index is 13.2. The molecule has 0 bridgehead atoms. The highest BCUT2D eigenvalue weighted by Crippen LogP contribution is 2.43. The number of piperidine rings is 1. The minimum absolute atomic E-state index is 0.236. The second-order valence-electron chi connectivity index (χ2n) is 8.04. The van der Waals surface area contributed by atoms with Gasteiger partial charge in [-0.25, -0.2) is 0 Å². The molecule has 3 aliphatic rings. The molecule has 8 nitrogen and oxygen atoms in total. The van der Waals surface area contributed by atoms with E-state index in [0.29, 0.717) is 12.3 Å². The fraction of sp³-hybridized carbons (Fsp3) is 0.500. The van der Waals surface area contributed by atoms with Crippen LogP contribution in [0.1, 0.15) is 36.5 Å². The number of ketones is 2. The molecular weight excluding hydrogens is 388 g/mol. The molecule has 3 heterocycles. The van der Waals surface area contributed by atoms with Crippen LogP contribution in [0.4, 0.5) is 0 Å². The maximum Gasteiger partial charge on any atom is 0.278 e. The molecule has 4 rings (SSSR count). The van der Waals surface area contributed by atoms with Gasteiger partial charge in [0.25, 0.3) is 11.5 Å². The molecule has 30 heavy (non-hydrogen) atoms. The Kier molecular flexibility index (Phi) is 5.25. The Morgan fingerprint density at radius 3 is 2.53 bits per heavy atom. The van der Waals surface area contributed by atoms with Crippen LogP contribution < -0.4 is 5.32 Å². The summed E-state index contributed by atoms with van der Waals surface area (Å²) in [4.78, 5) is 41.6. The van der Waals surface area contributed by atoms with Crippen molar-refractivity contribution < 1.29 is 29.0 Å². The van der Waals surface area contributed by atoms with Crippen LogP contribution in [0.25, 0.3) is 0 Å². The summed E-state index contributed by atoms with van der Waals surface area (Å²) in [7, 11) is 1.21. The zero-order chi connectivity index (χ0) is 21.5. The van der Waals surface area contributed by atoms with Crippen molar-refractivity contribution in [2.24, 2.45) is 0 Å². The van der Waals surface area contributed by atoms with Gasteiger partial charge in [0.2, 0.25) is 17.3 Å². The molecule has 0 unspecified atom stereocenters. The van der Waals surface area contributed by atoms with E-state index in [2.05, 4.69) is 10.2 Å². The first-order valence-corrected chi connectivity index (χ1v) is 10.2. The van der Waals surface area contributed by atoms with E-state index in [1.807, 2.05) is 0 Å². The third kappa shape index (κ3) is 2.90. The Balaban J connectivity index is 1.65. The predicted octanol–water partition coefficient (Wildman–Crippen LogP) is 0.801. The molecule has 1 aromatic carbocycles. The number of nitrogens with one attached hydrogen (secondary N) is 1. The fourth-order valence-corrected chi connectivity index (χ4v) is 4.50. The molecule has 3 atom stereocenters.